The summed E-state index contributed by atoms with van der Waals surface area (Å²) in [5.41, 5.74) is 0.324. The van der Waals surface area contributed by atoms with Crippen molar-refractivity contribution in [2.24, 2.45) is 0 Å². The molecule has 6 heteroatoms. The van der Waals surface area contributed by atoms with Crippen molar-refractivity contribution in [3.63, 3.8) is 0 Å². The minimum absolute atomic E-state index is 0.206. The summed E-state index contributed by atoms with van der Waals surface area (Å²) in [6.45, 7) is 2.06. The second kappa shape index (κ2) is 6.11. The molecule has 2 heterocycles. The van der Waals surface area contributed by atoms with E-state index in [9.17, 15) is 4.39 Å². The Hall–Kier alpha value is -1.79. The molecule has 1 aromatic carbocycles. The maximum Gasteiger partial charge on any atom is 0.250 e. The van der Waals surface area contributed by atoms with Crippen molar-refractivity contribution < 1.29 is 13.5 Å². The van der Waals surface area contributed by atoms with Crippen molar-refractivity contribution in [1.82, 2.24) is 15.5 Å². The monoisotopic (exact) mass is 277 g/mol. The van der Waals surface area contributed by atoms with Crippen molar-refractivity contribution in [3.8, 4) is 11.5 Å². The standard InChI is InChI=1S/C14H16FN3O2/c15-12-6-2-1-5-11(12)14-18-17-13(20-14)9-16-8-10-4-3-7-19-10/h1-2,5-6,10,16H,3-4,7-9H2. The summed E-state index contributed by atoms with van der Waals surface area (Å²) >= 11 is 0. The number of halogens is 1. The van der Waals surface area contributed by atoms with Crippen LogP contribution in [0.1, 0.15) is 18.7 Å². The van der Waals surface area contributed by atoms with Gasteiger partial charge in [-0.05, 0) is 25.0 Å². The van der Waals surface area contributed by atoms with E-state index in [0.29, 0.717) is 18.0 Å². The van der Waals surface area contributed by atoms with E-state index in [2.05, 4.69) is 15.5 Å². The van der Waals surface area contributed by atoms with Crippen LogP contribution in [0.4, 0.5) is 4.39 Å². The molecule has 0 amide bonds. The van der Waals surface area contributed by atoms with Crippen molar-refractivity contribution in [3.05, 3.63) is 36.0 Å². The van der Waals surface area contributed by atoms with Crippen LogP contribution in [0, 0.1) is 5.82 Å². The highest BCUT2D eigenvalue weighted by atomic mass is 19.1. The quantitative estimate of drug-likeness (QED) is 0.907. The van der Waals surface area contributed by atoms with Crippen molar-refractivity contribution in [2.45, 2.75) is 25.5 Å². The summed E-state index contributed by atoms with van der Waals surface area (Å²) in [6, 6.07) is 6.35. The molecule has 1 unspecified atom stereocenters. The third-order valence-corrected chi connectivity index (χ3v) is 3.24. The molecule has 1 saturated heterocycles. The zero-order valence-electron chi connectivity index (χ0n) is 11.0. The molecule has 0 radical (unpaired) electrons. The fourth-order valence-electron chi connectivity index (χ4n) is 2.21. The van der Waals surface area contributed by atoms with E-state index in [1.54, 1.807) is 18.2 Å². The molecule has 1 aromatic heterocycles. The highest BCUT2D eigenvalue weighted by Crippen LogP contribution is 2.20. The van der Waals surface area contributed by atoms with Crippen LogP contribution in [-0.2, 0) is 11.3 Å². The molecule has 1 N–H and O–H groups in total. The molecule has 1 aliphatic heterocycles. The van der Waals surface area contributed by atoms with Crippen LogP contribution in [0.5, 0.6) is 0 Å². The Morgan fingerprint density at radius 2 is 2.20 bits per heavy atom. The van der Waals surface area contributed by atoms with Crippen LogP contribution in [-0.4, -0.2) is 29.5 Å². The summed E-state index contributed by atoms with van der Waals surface area (Å²) in [7, 11) is 0. The van der Waals surface area contributed by atoms with E-state index in [1.807, 2.05) is 0 Å². The van der Waals surface area contributed by atoms with E-state index < -0.39 is 0 Å². The van der Waals surface area contributed by atoms with E-state index in [4.69, 9.17) is 9.15 Å². The van der Waals surface area contributed by atoms with E-state index >= 15 is 0 Å². The van der Waals surface area contributed by atoms with Gasteiger partial charge in [0.05, 0.1) is 18.2 Å². The molecule has 106 valence electrons. The first kappa shape index (κ1) is 13.2. The number of hydrogen-bond donors (Lipinski definition) is 1. The predicted octanol–water partition coefficient (Wildman–Crippen LogP) is 2.14. The number of aromatic nitrogens is 2. The van der Waals surface area contributed by atoms with Gasteiger partial charge < -0.3 is 14.5 Å². The minimum Gasteiger partial charge on any atom is -0.419 e. The van der Waals surface area contributed by atoms with Crippen LogP contribution in [0.15, 0.2) is 28.7 Å². The molecule has 0 spiro atoms. The number of hydrogen-bond acceptors (Lipinski definition) is 5. The Morgan fingerprint density at radius 3 is 3.00 bits per heavy atom. The zero-order valence-corrected chi connectivity index (χ0v) is 11.0. The van der Waals surface area contributed by atoms with E-state index in [-0.39, 0.29) is 17.8 Å². The average Bonchev–Trinajstić information content (AvgIpc) is 3.11. The molecule has 1 atom stereocenters. The molecule has 1 aliphatic rings. The number of ether oxygens (including phenoxy) is 1. The van der Waals surface area contributed by atoms with Gasteiger partial charge in [-0.3, -0.25) is 0 Å². The lowest BCUT2D eigenvalue weighted by atomic mass is 10.2. The number of nitrogens with zero attached hydrogens (tertiary/aromatic N) is 2. The maximum absolute atomic E-state index is 13.6. The van der Waals surface area contributed by atoms with Crippen molar-refractivity contribution >= 4 is 0 Å². The SMILES string of the molecule is Fc1ccccc1-c1nnc(CNCC2CCCO2)o1. The molecule has 20 heavy (non-hydrogen) atoms. The zero-order chi connectivity index (χ0) is 13.8. The van der Waals surface area contributed by atoms with Gasteiger partial charge in [-0.1, -0.05) is 12.1 Å². The minimum atomic E-state index is -0.366. The van der Waals surface area contributed by atoms with Gasteiger partial charge in [0, 0.05) is 13.2 Å². The lowest BCUT2D eigenvalue weighted by Crippen LogP contribution is -2.25. The van der Waals surface area contributed by atoms with Crippen LogP contribution >= 0.6 is 0 Å². The fourth-order valence-corrected chi connectivity index (χ4v) is 2.21. The Morgan fingerprint density at radius 1 is 1.30 bits per heavy atom. The molecular weight excluding hydrogens is 261 g/mol. The molecule has 3 rings (SSSR count). The topological polar surface area (TPSA) is 60.2 Å². The number of rotatable bonds is 5. The van der Waals surface area contributed by atoms with Crippen LogP contribution in [0.2, 0.25) is 0 Å². The molecule has 0 bridgehead atoms. The van der Waals surface area contributed by atoms with Crippen molar-refractivity contribution in [1.29, 1.82) is 0 Å². The van der Waals surface area contributed by atoms with Gasteiger partial charge in [-0.25, -0.2) is 4.39 Å². The molecule has 0 saturated carbocycles. The van der Waals surface area contributed by atoms with Gasteiger partial charge in [0.25, 0.3) is 5.89 Å². The lowest BCUT2D eigenvalue weighted by molar-refractivity contribution is 0.109. The predicted molar refractivity (Wildman–Crippen MR) is 70.4 cm³/mol. The fraction of sp³-hybridized carbons (Fsp3) is 0.429. The Labute approximate surface area is 116 Å². The highest BCUT2D eigenvalue weighted by molar-refractivity contribution is 5.53. The van der Waals surface area contributed by atoms with Gasteiger partial charge in [-0.2, -0.15) is 0 Å². The molecule has 2 aromatic rings. The lowest BCUT2D eigenvalue weighted by Gasteiger charge is -2.08. The van der Waals surface area contributed by atoms with Gasteiger partial charge in [0.2, 0.25) is 5.89 Å². The summed E-state index contributed by atoms with van der Waals surface area (Å²) in [5, 5.41) is 11.0. The van der Waals surface area contributed by atoms with Gasteiger partial charge in [0.1, 0.15) is 5.82 Å². The average molecular weight is 277 g/mol. The first-order valence-electron chi connectivity index (χ1n) is 6.72. The van der Waals surface area contributed by atoms with Crippen LogP contribution in [0.3, 0.4) is 0 Å². The summed E-state index contributed by atoms with van der Waals surface area (Å²) in [5.74, 6) is 0.285. The van der Waals surface area contributed by atoms with Crippen molar-refractivity contribution in [2.75, 3.05) is 13.2 Å². The first-order valence-corrected chi connectivity index (χ1v) is 6.72. The normalized spacial score (nSPS) is 18.6. The number of nitrogens with one attached hydrogen (secondary N) is 1. The smallest absolute Gasteiger partial charge is 0.250 e. The molecule has 1 fully saturated rings. The highest BCUT2D eigenvalue weighted by Gasteiger charge is 2.16. The third-order valence-electron chi connectivity index (χ3n) is 3.24. The second-order valence-electron chi connectivity index (χ2n) is 4.75. The maximum atomic E-state index is 13.6. The molecule has 5 nitrogen and oxygen atoms in total. The Kier molecular flexibility index (Phi) is 4.03. The summed E-state index contributed by atoms with van der Waals surface area (Å²) in [6.07, 6.45) is 2.46. The number of benzene rings is 1. The Balaban J connectivity index is 1.58. The second-order valence-corrected chi connectivity index (χ2v) is 4.75. The molecule has 0 aliphatic carbocycles. The largest absolute Gasteiger partial charge is 0.419 e. The summed E-state index contributed by atoms with van der Waals surface area (Å²) < 4.78 is 24.5. The van der Waals surface area contributed by atoms with Crippen LogP contribution < -0.4 is 5.32 Å². The van der Waals surface area contributed by atoms with E-state index in [0.717, 1.165) is 26.0 Å². The summed E-state index contributed by atoms with van der Waals surface area (Å²) in [4.78, 5) is 0. The van der Waals surface area contributed by atoms with Gasteiger partial charge in [-0.15, -0.1) is 10.2 Å². The van der Waals surface area contributed by atoms with Gasteiger partial charge in [0.15, 0.2) is 0 Å². The molecular formula is C14H16FN3O2. The van der Waals surface area contributed by atoms with Crippen LogP contribution in [0.25, 0.3) is 11.5 Å². The van der Waals surface area contributed by atoms with Gasteiger partial charge >= 0.3 is 0 Å². The Bertz CT molecular complexity index is 567. The third kappa shape index (κ3) is 3.02. The van der Waals surface area contributed by atoms with E-state index in [1.165, 1.54) is 6.07 Å². The first-order chi connectivity index (χ1) is 9.83.